The van der Waals surface area contributed by atoms with E-state index in [1.54, 1.807) is 0 Å². The van der Waals surface area contributed by atoms with E-state index in [4.69, 9.17) is 4.18 Å². The van der Waals surface area contributed by atoms with Crippen LogP contribution in [0.25, 0.3) is 11.4 Å². The van der Waals surface area contributed by atoms with Gasteiger partial charge in [0.1, 0.15) is 24.7 Å². The number of hydrogen-bond donors (Lipinski definition) is 0. The summed E-state index contributed by atoms with van der Waals surface area (Å²) in [6, 6.07) is 39.0. The van der Waals surface area contributed by atoms with E-state index in [0.29, 0.717) is 5.56 Å². The van der Waals surface area contributed by atoms with E-state index < -0.39 is 7.27 Å². The second kappa shape index (κ2) is 9.96. The lowest BCUT2D eigenvalue weighted by molar-refractivity contribution is 0.655. The smallest absolute Gasteiger partial charge is 0.137 e. The molecule has 1 unspecified atom stereocenters. The molecule has 1 heterocycles. The summed E-state index contributed by atoms with van der Waals surface area (Å²) in [5, 5.41) is 10.5. The lowest BCUT2D eigenvalue weighted by atomic mass is 10.1. The average molecular weight is 465 g/mol. The molecule has 0 bridgehead atoms. The van der Waals surface area contributed by atoms with E-state index in [1.807, 2.05) is 60.7 Å². The summed E-state index contributed by atoms with van der Waals surface area (Å²) >= 11 is 1.51. The van der Waals surface area contributed by atoms with Crippen LogP contribution >= 0.6 is 18.9 Å². The fourth-order valence-electron chi connectivity index (χ4n) is 3.72. The molecule has 0 fully saturated rings. The van der Waals surface area contributed by atoms with Gasteiger partial charge in [0.05, 0.1) is 11.6 Å². The Balaban J connectivity index is 1.58. The van der Waals surface area contributed by atoms with Crippen molar-refractivity contribution in [2.45, 2.75) is 6.54 Å². The van der Waals surface area contributed by atoms with E-state index in [9.17, 15) is 5.26 Å². The third-order valence-corrected chi connectivity index (χ3v) is 9.20. The van der Waals surface area contributed by atoms with Crippen LogP contribution in [0.15, 0.2) is 109 Å². The molecule has 1 atom stereocenters. The van der Waals surface area contributed by atoms with Crippen LogP contribution in [0.4, 0.5) is 5.69 Å². The highest BCUT2D eigenvalue weighted by Gasteiger charge is 2.32. The zero-order valence-electron chi connectivity index (χ0n) is 17.8. The van der Waals surface area contributed by atoms with Crippen molar-refractivity contribution in [1.29, 1.82) is 5.26 Å². The maximum Gasteiger partial charge on any atom is 0.137 e. The summed E-state index contributed by atoms with van der Waals surface area (Å²) < 4.78 is 8.70. The molecule has 160 valence electrons. The molecule has 4 aromatic carbocycles. The van der Waals surface area contributed by atoms with Gasteiger partial charge in [0.15, 0.2) is 0 Å². The van der Waals surface area contributed by atoms with Gasteiger partial charge < -0.3 is 8.85 Å². The Kier molecular flexibility index (Phi) is 6.44. The Morgan fingerprint density at radius 2 is 1.45 bits per heavy atom. The van der Waals surface area contributed by atoms with Crippen molar-refractivity contribution in [3.63, 3.8) is 0 Å². The number of benzene rings is 4. The highest BCUT2D eigenvalue weighted by molar-refractivity contribution is 8.56. The summed E-state index contributed by atoms with van der Waals surface area (Å²) in [7, 11) is -0.917. The average Bonchev–Trinajstić information content (AvgIpc) is 2.89. The zero-order chi connectivity index (χ0) is 22.5. The predicted octanol–water partition coefficient (Wildman–Crippen LogP) is 8.12. The number of nitriles is 1. The molecule has 4 aromatic rings. The molecular weight excluding hydrogens is 443 g/mol. The SMILES string of the molecule is N#Cc1ccc(C2=Cc3ccccc3N(Cc3ccccc3)P2SOc2ccccc2)cc1. The van der Waals surface area contributed by atoms with Crippen LogP contribution in [0, 0.1) is 11.3 Å². The number of fused-ring (bicyclic) bond motifs is 1. The molecule has 1 aliphatic rings. The van der Waals surface area contributed by atoms with Gasteiger partial charge in [0.2, 0.25) is 0 Å². The molecule has 0 aliphatic carbocycles. The van der Waals surface area contributed by atoms with Crippen molar-refractivity contribution in [2.75, 3.05) is 4.67 Å². The summed E-state index contributed by atoms with van der Waals surface area (Å²) in [5.41, 5.74) is 5.41. The van der Waals surface area contributed by atoms with Crippen LogP contribution in [0.2, 0.25) is 0 Å². The van der Waals surface area contributed by atoms with Crippen molar-refractivity contribution in [1.82, 2.24) is 0 Å². The van der Waals surface area contributed by atoms with Gasteiger partial charge in [-0.25, -0.2) is 0 Å². The van der Waals surface area contributed by atoms with E-state index >= 15 is 0 Å². The normalized spacial score (nSPS) is 14.7. The minimum Gasteiger partial charge on any atom is -0.419 e. The maximum atomic E-state index is 9.24. The van der Waals surface area contributed by atoms with Crippen molar-refractivity contribution >= 4 is 36.0 Å². The van der Waals surface area contributed by atoms with E-state index in [2.05, 4.69) is 65.3 Å². The van der Waals surface area contributed by atoms with Gasteiger partial charge in [-0.3, -0.25) is 0 Å². The van der Waals surface area contributed by atoms with Crippen LogP contribution in [0.5, 0.6) is 5.75 Å². The molecule has 0 N–H and O–H groups in total. The molecule has 0 saturated carbocycles. The van der Waals surface area contributed by atoms with E-state index in [0.717, 1.165) is 17.9 Å². The fourth-order valence-corrected chi connectivity index (χ4v) is 7.57. The summed E-state index contributed by atoms with van der Waals surface area (Å²) in [6.07, 6.45) is 2.27. The topological polar surface area (TPSA) is 36.3 Å². The zero-order valence-corrected chi connectivity index (χ0v) is 19.5. The number of anilines is 1. The summed E-state index contributed by atoms with van der Waals surface area (Å²) in [6.45, 7) is 0.780. The Hall–Kier alpha value is -3.51. The first-order valence-corrected chi connectivity index (χ1v) is 13.3. The number of para-hydroxylation sites is 2. The van der Waals surface area contributed by atoms with Crippen LogP contribution in [-0.2, 0) is 6.54 Å². The molecular formula is C28H21N2OPS. The first-order chi connectivity index (χ1) is 16.3. The summed E-state index contributed by atoms with van der Waals surface area (Å²) in [4.78, 5) is 0. The maximum absolute atomic E-state index is 9.24. The molecule has 1 aliphatic heterocycles. The number of hydrogen-bond acceptors (Lipinski definition) is 4. The highest BCUT2D eigenvalue weighted by atomic mass is 32.7. The fraction of sp³-hybridized carbons (Fsp3) is 0.0357. The second-order valence-corrected chi connectivity index (χ2v) is 10.9. The quantitative estimate of drug-likeness (QED) is 0.213. The third kappa shape index (κ3) is 4.81. The van der Waals surface area contributed by atoms with Gasteiger partial charge >= 0.3 is 0 Å². The van der Waals surface area contributed by atoms with Crippen LogP contribution < -0.4 is 8.85 Å². The molecule has 5 rings (SSSR count). The van der Waals surface area contributed by atoms with Crippen molar-refractivity contribution in [3.8, 4) is 11.8 Å². The Morgan fingerprint density at radius 3 is 2.18 bits per heavy atom. The van der Waals surface area contributed by atoms with Crippen molar-refractivity contribution in [3.05, 3.63) is 131 Å². The van der Waals surface area contributed by atoms with Gasteiger partial charge in [0.25, 0.3) is 0 Å². The van der Waals surface area contributed by atoms with Gasteiger partial charge in [-0.15, -0.1) is 0 Å². The van der Waals surface area contributed by atoms with Gasteiger partial charge in [0, 0.05) is 17.5 Å². The van der Waals surface area contributed by atoms with Gasteiger partial charge in [-0.2, -0.15) is 5.26 Å². The van der Waals surface area contributed by atoms with Crippen LogP contribution in [0.1, 0.15) is 22.3 Å². The number of nitrogens with zero attached hydrogens (tertiary/aromatic N) is 2. The Morgan fingerprint density at radius 1 is 0.788 bits per heavy atom. The minimum absolute atomic E-state index is 0.661. The third-order valence-electron chi connectivity index (χ3n) is 5.36. The molecule has 0 spiro atoms. The second-order valence-electron chi connectivity index (χ2n) is 7.56. The van der Waals surface area contributed by atoms with Crippen molar-refractivity contribution in [2.24, 2.45) is 0 Å². The van der Waals surface area contributed by atoms with E-state index in [-0.39, 0.29) is 0 Å². The first kappa shape index (κ1) is 21.3. The Bertz CT molecular complexity index is 1300. The van der Waals surface area contributed by atoms with Crippen LogP contribution in [-0.4, -0.2) is 0 Å². The van der Waals surface area contributed by atoms with Crippen molar-refractivity contribution < 1.29 is 4.18 Å². The standard InChI is InChI=1S/C28H21N2OPS/c29-20-22-15-17-24(18-16-22)28-19-25-11-7-8-14-27(25)30(21-23-9-3-1-4-10-23)32(28)33-31-26-12-5-2-6-13-26/h1-19H,21H2. The molecule has 3 nitrogen and oxygen atoms in total. The number of rotatable bonds is 6. The van der Waals surface area contributed by atoms with Gasteiger partial charge in [-0.1, -0.05) is 78.9 Å². The first-order valence-electron chi connectivity index (χ1n) is 10.6. The molecule has 0 radical (unpaired) electrons. The molecule has 33 heavy (non-hydrogen) atoms. The molecule has 0 saturated heterocycles. The van der Waals surface area contributed by atoms with Gasteiger partial charge in [-0.05, 0) is 53.1 Å². The lowest BCUT2D eigenvalue weighted by Gasteiger charge is -2.37. The predicted molar refractivity (Wildman–Crippen MR) is 140 cm³/mol. The Labute approximate surface area is 199 Å². The van der Waals surface area contributed by atoms with E-state index in [1.165, 1.54) is 33.8 Å². The van der Waals surface area contributed by atoms with Crippen LogP contribution in [0.3, 0.4) is 0 Å². The highest BCUT2D eigenvalue weighted by Crippen LogP contribution is 2.68. The molecule has 0 aromatic heterocycles. The molecule has 0 amide bonds. The summed E-state index contributed by atoms with van der Waals surface area (Å²) in [5.74, 6) is 0.836. The molecule has 5 heteroatoms. The minimum atomic E-state index is -0.917. The lowest BCUT2D eigenvalue weighted by Crippen LogP contribution is -2.19. The monoisotopic (exact) mass is 464 g/mol. The largest absolute Gasteiger partial charge is 0.419 e.